The van der Waals surface area contributed by atoms with Gasteiger partial charge in [-0.05, 0) is 54.8 Å². The van der Waals surface area contributed by atoms with Crippen molar-refractivity contribution in [3.63, 3.8) is 0 Å². The topological polar surface area (TPSA) is 302 Å². The lowest BCUT2D eigenvalue weighted by molar-refractivity contribution is 0.284. The number of benzene rings is 4. The highest BCUT2D eigenvalue weighted by molar-refractivity contribution is 7.91. The third-order valence-corrected chi connectivity index (χ3v) is 10.1. The number of nitrogens with two attached hydrogens (primary N) is 1. The van der Waals surface area contributed by atoms with Crippen LogP contribution in [0.1, 0.15) is 5.56 Å². The second-order valence-electron chi connectivity index (χ2n) is 9.55. The minimum Gasteiger partial charge on any atom is -0.505 e. The third-order valence-electron chi connectivity index (χ3n) is 6.23. The lowest BCUT2D eigenvalue weighted by atomic mass is 10.1. The molecule has 0 radical (unpaired) electrons. The Morgan fingerprint density at radius 1 is 0.723 bits per heavy atom. The monoisotopic (exact) mass is 729 g/mol. The number of rotatable bonds is 11. The van der Waals surface area contributed by atoms with Crippen molar-refractivity contribution < 1.29 is 56.6 Å². The molecule has 0 heterocycles. The second-order valence-corrected chi connectivity index (χ2v) is 15.5. The molecule has 0 aliphatic carbocycles. The SMILES string of the molecule is Cc1ccc(N=Nc2ccc3cc(S(=O)(=O)O)c(N=Nc4ccc(S(=O)(=O)CCOS(=O)(=O)O)cc4S(=O)(=O)O)c(N)c3c2O)cc1. The van der Waals surface area contributed by atoms with Crippen molar-refractivity contribution in [1.82, 2.24) is 0 Å². The van der Waals surface area contributed by atoms with Crippen LogP contribution >= 0.6 is 0 Å². The van der Waals surface area contributed by atoms with Crippen LogP contribution in [0.4, 0.5) is 28.4 Å². The number of aryl methyl sites for hydroxylation is 1. The molecule has 18 nitrogen and oxygen atoms in total. The highest BCUT2D eigenvalue weighted by Crippen LogP contribution is 2.45. The third kappa shape index (κ3) is 8.49. The first-order valence-electron chi connectivity index (χ1n) is 12.6. The molecular formula is C25H23N5O13S4. The van der Waals surface area contributed by atoms with Gasteiger partial charge in [-0.25, -0.2) is 12.6 Å². The van der Waals surface area contributed by atoms with E-state index in [1.807, 2.05) is 6.92 Å². The molecule has 4 aromatic carbocycles. The standard InChI is InChI=1S/C25H23N5O13S4/c1-14-2-5-16(6-3-14)27-29-19-8-4-15-12-21(46(37,38)39)24(23(26)22(15)25(19)31)30-28-18-9-7-17(13-20(18)45(34,35)36)44(32,33)11-10-43-47(40,41)42/h2-9,12-13,31H,10-11,26H2,1H3,(H,34,35,36)(H,37,38,39)(H,40,41,42). The number of anilines is 1. The lowest BCUT2D eigenvalue weighted by Gasteiger charge is -2.12. The number of hydrogen-bond acceptors (Lipinski definition) is 15. The number of fused-ring (bicyclic) bond motifs is 1. The zero-order chi connectivity index (χ0) is 34.9. The zero-order valence-electron chi connectivity index (χ0n) is 23.7. The van der Waals surface area contributed by atoms with Crippen LogP contribution in [-0.2, 0) is 44.7 Å². The Morgan fingerprint density at radius 2 is 1.32 bits per heavy atom. The number of aromatic hydroxyl groups is 1. The van der Waals surface area contributed by atoms with E-state index in [1.54, 1.807) is 24.3 Å². The van der Waals surface area contributed by atoms with E-state index in [4.69, 9.17) is 10.3 Å². The van der Waals surface area contributed by atoms with Crippen LogP contribution in [0.5, 0.6) is 5.75 Å². The molecule has 0 aliphatic rings. The fraction of sp³-hybridized carbons (Fsp3) is 0.120. The summed E-state index contributed by atoms with van der Waals surface area (Å²) < 4.78 is 128. The van der Waals surface area contributed by atoms with E-state index >= 15 is 0 Å². The molecule has 0 unspecified atom stereocenters. The van der Waals surface area contributed by atoms with Gasteiger partial charge >= 0.3 is 10.4 Å². The van der Waals surface area contributed by atoms with Crippen LogP contribution in [0, 0.1) is 6.92 Å². The Hall–Kier alpha value is -4.42. The molecule has 0 atom stereocenters. The Bertz CT molecular complexity index is 2400. The first-order chi connectivity index (χ1) is 21.7. The highest BCUT2D eigenvalue weighted by Gasteiger charge is 2.25. The summed E-state index contributed by atoms with van der Waals surface area (Å²) in [7, 11) is -19.8. The molecule has 0 saturated heterocycles. The molecule has 0 bridgehead atoms. The number of nitrogens with zero attached hydrogens (tertiary/aromatic N) is 4. The van der Waals surface area contributed by atoms with Crippen molar-refractivity contribution in [1.29, 1.82) is 0 Å². The maximum absolute atomic E-state index is 12.6. The van der Waals surface area contributed by atoms with E-state index in [0.717, 1.165) is 23.8 Å². The number of azo groups is 2. The van der Waals surface area contributed by atoms with Crippen molar-refractivity contribution in [3.8, 4) is 5.75 Å². The molecule has 47 heavy (non-hydrogen) atoms. The van der Waals surface area contributed by atoms with Gasteiger partial charge in [0.05, 0.1) is 34.0 Å². The maximum atomic E-state index is 12.6. The van der Waals surface area contributed by atoms with Crippen molar-refractivity contribution >= 4 is 79.7 Å². The van der Waals surface area contributed by atoms with Crippen LogP contribution in [0.3, 0.4) is 0 Å². The smallest absolute Gasteiger partial charge is 0.397 e. The van der Waals surface area contributed by atoms with Gasteiger partial charge in [-0.15, -0.1) is 15.3 Å². The van der Waals surface area contributed by atoms with Gasteiger partial charge in [0.25, 0.3) is 20.2 Å². The molecular weight excluding hydrogens is 707 g/mol. The summed E-state index contributed by atoms with van der Waals surface area (Å²) in [5.74, 6) is -1.61. The zero-order valence-corrected chi connectivity index (χ0v) is 26.9. The van der Waals surface area contributed by atoms with E-state index in [9.17, 15) is 47.9 Å². The summed E-state index contributed by atoms with van der Waals surface area (Å²) in [6.45, 7) is 0.832. The van der Waals surface area contributed by atoms with Crippen LogP contribution in [0.25, 0.3) is 10.8 Å². The normalized spacial score (nSPS) is 13.2. The van der Waals surface area contributed by atoms with Gasteiger partial charge in [0.2, 0.25) is 0 Å². The Labute approximate surface area is 267 Å². The van der Waals surface area contributed by atoms with Crippen molar-refractivity contribution in [2.75, 3.05) is 18.1 Å². The van der Waals surface area contributed by atoms with E-state index < -0.39 is 90.3 Å². The predicted molar refractivity (Wildman–Crippen MR) is 165 cm³/mol. The van der Waals surface area contributed by atoms with Crippen molar-refractivity contribution in [2.45, 2.75) is 21.6 Å². The van der Waals surface area contributed by atoms with E-state index in [2.05, 4.69) is 24.6 Å². The van der Waals surface area contributed by atoms with Gasteiger partial charge in [0.1, 0.15) is 26.9 Å². The Kier molecular flexibility index (Phi) is 9.80. The van der Waals surface area contributed by atoms with E-state index in [-0.39, 0.29) is 16.5 Å². The molecule has 4 aromatic rings. The molecule has 0 saturated carbocycles. The largest absolute Gasteiger partial charge is 0.505 e. The molecule has 6 N–H and O–H groups in total. The van der Waals surface area contributed by atoms with Crippen LogP contribution in [0.15, 0.2) is 95.8 Å². The number of sulfone groups is 1. The Morgan fingerprint density at radius 3 is 1.91 bits per heavy atom. The van der Waals surface area contributed by atoms with Crippen molar-refractivity contribution in [2.24, 2.45) is 20.5 Å². The first-order valence-corrected chi connectivity index (χ1v) is 18.5. The Balaban J connectivity index is 1.83. The van der Waals surface area contributed by atoms with Crippen LogP contribution < -0.4 is 5.73 Å². The summed E-state index contributed by atoms with van der Waals surface area (Å²) >= 11 is 0. The van der Waals surface area contributed by atoms with Gasteiger partial charge in [-0.3, -0.25) is 13.7 Å². The van der Waals surface area contributed by atoms with Gasteiger partial charge in [0, 0.05) is 0 Å². The van der Waals surface area contributed by atoms with Crippen molar-refractivity contribution in [3.05, 3.63) is 66.2 Å². The molecule has 0 amide bonds. The molecule has 0 fully saturated rings. The minimum atomic E-state index is -5.24. The number of hydrogen-bond donors (Lipinski definition) is 5. The quantitative estimate of drug-likeness (QED) is 0.0814. The van der Waals surface area contributed by atoms with Gasteiger partial charge in [0.15, 0.2) is 15.6 Å². The summed E-state index contributed by atoms with van der Waals surface area (Å²) in [6.07, 6.45) is 0. The summed E-state index contributed by atoms with van der Waals surface area (Å²) in [6, 6.07) is 12.4. The van der Waals surface area contributed by atoms with Gasteiger partial charge in [-0.2, -0.15) is 30.4 Å². The summed E-state index contributed by atoms with van der Waals surface area (Å²) in [5.41, 5.74) is 5.42. The summed E-state index contributed by atoms with van der Waals surface area (Å²) in [4.78, 5) is -2.79. The predicted octanol–water partition coefficient (Wildman–Crippen LogP) is 4.35. The molecule has 0 spiro atoms. The van der Waals surface area contributed by atoms with Gasteiger partial charge in [-0.1, -0.05) is 23.8 Å². The molecule has 250 valence electrons. The highest BCUT2D eigenvalue weighted by atomic mass is 32.3. The van der Waals surface area contributed by atoms with E-state index in [1.165, 1.54) is 12.1 Å². The fourth-order valence-corrected chi connectivity index (χ4v) is 6.92. The average Bonchev–Trinajstić information content (AvgIpc) is 2.95. The number of nitrogen functional groups attached to an aromatic ring is 1. The molecule has 0 aliphatic heterocycles. The average molecular weight is 730 g/mol. The molecule has 22 heteroatoms. The van der Waals surface area contributed by atoms with E-state index in [0.29, 0.717) is 11.8 Å². The lowest BCUT2D eigenvalue weighted by Crippen LogP contribution is -2.16. The van der Waals surface area contributed by atoms with Gasteiger partial charge < -0.3 is 10.8 Å². The molecule has 0 aromatic heterocycles. The number of phenolic OH excluding ortho intramolecular Hbond substituents is 1. The number of phenols is 1. The second kappa shape index (κ2) is 13.0. The van der Waals surface area contributed by atoms with Crippen LogP contribution in [-0.4, -0.2) is 64.8 Å². The minimum absolute atomic E-state index is 0.00650. The fourth-order valence-electron chi connectivity index (χ4n) is 4.01. The van der Waals surface area contributed by atoms with Crippen LogP contribution in [0.2, 0.25) is 0 Å². The molecule has 4 rings (SSSR count). The first kappa shape index (κ1) is 35.4. The maximum Gasteiger partial charge on any atom is 0.397 e. The summed E-state index contributed by atoms with van der Waals surface area (Å²) in [5, 5.41) is 26.1.